The lowest BCUT2D eigenvalue weighted by Gasteiger charge is -2.29. The van der Waals surface area contributed by atoms with Gasteiger partial charge in [0.05, 0.1) is 5.70 Å². The van der Waals surface area contributed by atoms with Crippen LogP contribution in [0.4, 0.5) is 5.69 Å². The molecule has 0 spiro atoms. The minimum absolute atomic E-state index is 1.01. The Bertz CT molecular complexity index is 1280. The quantitative estimate of drug-likeness (QED) is 0.187. The molecule has 7 heteroatoms. The van der Waals surface area contributed by atoms with Crippen LogP contribution in [0.15, 0.2) is 77.1 Å². The number of anilines is 1. The molecule has 0 amide bonds. The van der Waals surface area contributed by atoms with Gasteiger partial charge in [-0.05, 0) is 90.7 Å². The predicted octanol–water partition coefficient (Wildman–Crippen LogP) is 6.63. The Morgan fingerprint density at radius 1 is 0.974 bits per heavy atom. The first-order chi connectivity index (χ1) is 18.5. The number of nitrogens with zero attached hydrogens (tertiary/aromatic N) is 5. The van der Waals surface area contributed by atoms with Crippen LogP contribution >= 0.6 is 23.1 Å². The van der Waals surface area contributed by atoms with Crippen LogP contribution in [0.3, 0.4) is 0 Å². The summed E-state index contributed by atoms with van der Waals surface area (Å²) in [5.74, 6) is 1.05. The largest absolute Gasteiger partial charge is 0.309 e. The van der Waals surface area contributed by atoms with Crippen LogP contribution in [0.2, 0.25) is 0 Å². The summed E-state index contributed by atoms with van der Waals surface area (Å²) >= 11 is 3.69. The van der Waals surface area contributed by atoms with Gasteiger partial charge in [0.25, 0.3) is 5.01 Å². The minimum Gasteiger partial charge on any atom is -0.309 e. The Labute approximate surface area is 237 Å². The monoisotopic (exact) mass is 548 g/mol. The standard InChI is InChI=1S/C31H42N5S2/c1-6-18-35(20-12-19-33(3)4)21-13-22-37-31-32-26(23-25(2)36(31)27-14-8-7-9-15-27)24-30-34(5)28-16-10-11-17-29(28)38-30/h7-11,14-17,23-24H,6,12-13,18-22H2,1-5H3/q+1. The lowest BCUT2D eigenvalue weighted by molar-refractivity contribution is -0.642. The number of thioether (sulfide) groups is 1. The average molecular weight is 549 g/mol. The number of amidine groups is 1. The molecule has 0 radical (unpaired) electrons. The smallest absolute Gasteiger partial charge is 0.264 e. The number of hydrogen-bond donors (Lipinski definition) is 0. The second-order valence-electron chi connectivity index (χ2n) is 10.1. The number of para-hydroxylation sites is 2. The van der Waals surface area contributed by atoms with Crippen molar-refractivity contribution in [2.24, 2.45) is 12.0 Å². The number of fused-ring (bicyclic) bond motifs is 1. The van der Waals surface area contributed by atoms with Gasteiger partial charge in [0.1, 0.15) is 11.7 Å². The van der Waals surface area contributed by atoms with Gasteiger partial charge in [-0.15, -0.1) is 0 Å². The fourth-order valence-electron chi connectivity index (χ4n) is 4.77. The van der Waals surface area contributed by atoms with Crippen molar-refractivity contribution in [1.29, 1.82) is 0 Å². The van der Waals surface area contributed by atoms with Gasteiger partial charge in [-0.1, -0.05) is 60.4 Å². The Morgan fingerprint density at radius 3 is 2.45 bits per heavy atom. The van der Waals surface area contributed by atoms with Gasteiger partial charge in [-0.25, -0.2) is 4.99 Å². The van der Waals surface area contributed by atoms with Gasteiger partial charge < -0.3 is 9.80 Å². The molecule has 1 aliphatic heterocycles. The molecule has 0 saturated heterocycles. The third-order valence-corrected chi connectivity index (χ3v) is 8.84. The highest BCUT2D eigenvalue weighted by atomic mass is 32.2. The fraction of sp³-hybridized carbons (Fsp3) is 0.419. The number of allylic oxidation sites excluding steroid dienone is 2. The molecule has 0 N–H and O–H groups in total. The third kappa shape index (κ3) is 7.56. The van der Waals surface area contributed by atoms with Crippen LogP contribution in [0.5, 0.6) is 0 Å². The van der Waals surface area contributed by atoms with E-state index in [4.69, 9.17) is 4.99 Å². The molecular formula is C31H42N5S2+. The molecule has 0 unspecified atom stereocenters. The van der Waals surface area contributed by atoms with Crippen molar-refractivity contribution in [1.82, 2.24) is 9.80 Å². The van der Waals surface area contributed by atoms with Crippen LogP contribution in [0.1, 0.15) is 38.1 Å². The molecule has 1 aromatic heterocycles. The topological polar surface area (TPSA) is 26.0 Å². The molecule has 0 aliphatic carbocycles. The number of thiazole rings is 1. The lowest BCUT2D eigenvalue weighted by atomic mass is 10.2. The van der Waals surface area contributed by atoms with Crippen molar-refractivity contribution in [2.75, 3.05) is 50.9 Å². The van der Waals surface area contributed by atoms with Crippen molar-refractivity contribution in [3.63, 3.8) is 0 Å². The van der Waals surface area contributed by atoms with Gasteiger partial charge in [-0.2, -0.15) is 4.57 Å². The van der Waals surface area contributed by atoms with E-state index in [0.717, 1.165) is 41.8 Å². The summed E-state index contributed by atoms with van der Waals surface area (Å²) in [4.78, 5) is 12.4. The molecule has 2 aromatic carbocycles. The molecule has 0 atom stereocenters. The lowest BCUT2D eigenvalue weighted by Crippen LogP contribution is -2.31. The van der Waals surface area contributed by atoms with Gasteiger partial charge in [0, 0.05) is 29.3 Å². The normalized spacial score (nSPS) is 15.1. The summed E-state index contributed by atoms with van der Waals surface area (Å²) < 4.78 is 3.56. The van der Waals surface area contributed by atoms with Gasteiger partial charge in [0.2, 0.25) is 5.52 Å². The van der Waals surface area contributed by atoms with Crippen LogP contribution in [0.25, 0.3) is 16.3 Å². The van der Waals surface area contributed by atoms with Crippen molar-refractivity contribution in [3.8, 4) is 0 Å². The second-order valence-corrected chi connectivity index (χ2v) is 12.2. The molecular weight excluding hydrogens is 507 g/mol. The van der Waals surface area contributed by atoms with Gasteiger partial charge >= 0.3 is 0 Å². The highest BCUT2D eigenvalue weighted by Crippen LogP contribution is 2.31. The maximum atomic E-state index is 5.18. The zero-order valence-corrected chi connectivity index (χ0v) is 25.2. The van der Waals surface area contributed by atoms with E-state index in [2.05, 4.69) is 121 Å². The molecule has 0 fully saturated rings. The van der Waals surface area contributed by atoms with E-state index in [9.17, 15) is 0 Å². The molecule has 0 bridgehead atoms. The number of benzene rings is 2. The van der Waals surface area contributed by atoms with Crippen molar-refractivity contribution in [3.05, 3.63) is 77.1 Å². The number of hydrogen-bond acceptors (Lipinski definition) is 6. The van der Waals surface area contributed by atoms with E-state index in [1.807, 2.05) is 23.1 Å². The van der Waals surface area contributed by atoms with E-state index in [1.54, 1.807) is 0 Å². The summed E-state index contributed by atoms with van der Waals surface area (Å²) in [5, 5.41) is 2.26. The molecule has 2 heterocycles. The SMILES string of the molecule is CCCN(CCCSC1=N/C(=C\c2sc3ccccc3[n+]2C)C=C(C)N1c1ccccc1)CCCN(C)C. The number of rotatable bonds is 12. The summed E-state index contributed by atoms with van der Waals surface area (Å²) in [5.41, 5.74) is 4.62. The van der Waals surface area contributed by atoms with Crippen LogP contribution in [-0.2, 0) is 7.05 Å². The number of aliphatic imine (C=N–C) groups is 1. The van der Waals surface area contributed by atoms with E-state index >= 15 is 0 Å². The third-order valence-electron chi connectivity index (χ3n) is 6.65. The first kappa shape index (κ1) is 28.6. The van der Waals surface area contributed by atoms with E-state index < -0.39 is 0 Å². The molecule has 3 aromatic rings. The van der Waals surface area contributed by atoms with Gasteiger partial charge in [0.15, 0.2) is 5.17 Å². The molecule has 4 rings (SSSR count). The first-order valence-corrected chi connectivity index (χ1v) is 15.5. The van der Waals surface area contributed by atoms with Crippen LogP contribution < -0.4 is 9.47 Å². The van der Waals surface area contributed by atoms with E-state index in [-0.39, 0.29) is 0 Å². The Balaban J connectivity index is 1.50. The number of aromatic nitrogens is 1. The average Bonchev–Trinajstić information content (AvgIpc) is 3.21. The highest BCUT2D eigenvalue weighted by Gasteiger charge is 2.22. The van der Waals surface area contributed by atoms with Crippen molar-refractivity contribution >= 4 is 50.2 Å². The summed E-state index contributed by atoms with van der Waals surface area (Å²) in [6.45, 7) is 9.11. The molecule has 0 saturated carbocycles. The maximum Gasteiger partial charge on any atom is 0.264 e. The van der Waals surface area contributed by atoms with Crippen LogP contribution in [-0.4, -0.2) is 61.0 Å². The summed E-state index contributed by atoms with van der Waals surface area (Å²) in [6.07, 6.45) is 8.01. The Morgan fingerprint density at radius 2 is 1.71 bits per heavy atom. The van der Waals surface area contributed by atoms with E-state index in [0.29, 0.717) is 0 Å². The fourth-order valence-corrected chi connectivity index (χ4v) is 6.87. The Hall–Kier alpha value is -2.45. The van der Waals surface area contributed by atoms with Crippen molar-refractivity contribution < 1.29 is 4.57 Å². The second kappa shape index (κ2) is 14.1. The maximum absolute atomic E-state index is 5.18. The summed E-state index contributed by atoms with van der Waals surface area (Å²) in [7, 11) is 6.45. The number of aryl methyl sites for hydroxylation is 1. The first-order valence-electron chi connectivity index (χ1n) is 13.7. The molecule has 5 nitrogen and oxygen atoms in total. The Kier molecular flexibility index (Phi) is 10.6. The predicted molar refractivity (Wildman–Crippen MR) is 168 cm³/mol. The minimum atomic E-state index is 1.01. The molecule has 1 aliphatic rings. The van der Waals surface area contributed by atoms with E-state index in [1.165, 1.54) is 46.9 Å². The molecule has 38 heavy (non-hydrogen) atoms. The van der Waals surface area contributed by atoms with Crippen LogP contribution in [0, 0.1) is 0 Å². The zero-order valence-electron chi connectivity index (χ0n) is 23.6. The highest BCUT2D eigenvalue weighted by molar-refractivity contribution is 8.14. The zero-order chi connectivity index (χ0) is 26.9. The van der Waals surface area contributed by atoms with Gasteiger partial charge in [-0.3, -0.25) is 4.90 Å². The van der Waals surface area contributed by atoms with Crippen molar-refractivity contribution in [2.45, 2.75) is 33.1 Å². The summed E-state index contributed by atoms with van der Waals surface area (Å²) in [6, 6.07) is 19.2. The molecule has 202 valence electrons.